The summed E-state index contributed by atoms with van der Waals surface area (Å²) in [6.45, 7) is 2.45. The Bertz CT molecular complexity index is 807. The third-order valence-corrected chi connectivity index (χ3v) is 4.24. The van der Waals surface area contributed by atoms with Crippen molar-refractivity contribution in [2.75, 3.05) is 13.2 Å². The average molecular weight is 448 g/mol. The molecule has 0 aliphatic rings. The molecule has 0 saturated heterocycles. The summed E-state index contributed by atoms with van der Waals surface area (Å²) >= 11 is 3.28. The maximum absolute atomic E-state index is 12.1. The Morgan fingerprint density at radius 3 is 2.14 bits per heavy atom. The van der Waals surface area contributed by atoms with E-state index in [2.05, 4.69) is 39.0 Å². The highest BCUT2D eigenvalue weighted by Gasteiger charge is 2.10. The largest absolute Gasteiger partial charge is 0.494 e. The Kier molecular flexibility index (Phi) is 8.48. The monoisotopic (exact) mass is 447 g/mol. The summed E-state index contributed by atoms with van der Waals surface area (Å²) < 4.78 is 6.38. The maximum atomic E-state index is 12.1. The van der Waals surface area contributed by atoms with E-state index in [1.165, 1.54) is 0 Å². The summed E-state index contributed by atoms with van der Waals surface area (Å²) in [6, 6.07) is 13.3. The number of carbonyl (C=O) groups excluding carboxylic acids is 3. The SMILES string of the molecule is CCCCOc1ccc(C(=O)NCC(=O)NNC(=O)c2ccc(Br)cc2)cc1. The Labute approximate surface area is 171 Å². The number of hydrogen-bond donors (Lipinski definition) is 3. The summed E-state index contributed by atoms with van der Waals surface area (Å²) in [5, 5.41) is 2.49. The molecule has 0 saturated carbocycles. The normalized spacial score (nSPS) is 10.1. The zero-order valence-corrected chi connectivity index (χ0v) is 17.0. The Morgan fingerprint density at radius 2 is 1.50 bits per heavy atom. The molecule has 8 heteroatoms. The van der Waals surface area contributed by atoms with E-state index in [1.807, 2.05) is 0 Å². The fraction of sp³-hybridized carbons (Fsp3) is 0.250. The van der Waals surface area contributed by atoms with Gasteiger partial charge in [-0.25, -0.2) is 0 Å². The first-order valence-corrected chi connectivity index (χ1v) is 9.64. The van der Waals surface area contributed by atoms with Gasteiger partial charge >= 0.3 is 0 Å². The molecule has 0 fully saturated rings. The molecule has 148 valence electrons. The molecule has 2 aromatic rings. The highest BCUT2D eigenvalue weighted by atomic mass is 79.9. The molecule has 0 atom stereocenters. The van der Waals surface area contributed by atoms with E-state index in [4.69, 9.17) is 4.74 Å². The standard InChI is InChI=1S/C20H22BrN3O4/c1-2-3-12-28-17-10-6-14(7-11-17)19(26)22-13-18(25)23-24-20(27)15-4-8-16(21)9-5-15/h4-11H,2-3,12-13H2,1H3,(H,22,26)(H,23,25)(H,24,27). The van der Waals surface area contributed by atoms with Crippen LogP contribution in [-0.4, -0.2) is 30.9 Å². The number of amides is 3. The van der Waals surface area contributed by atoms with Crippen molar-refractivity contribution in [1.82, 2.24) is 16.2 Å². The second kappa shape index (κ2) is 11.1. The molecule has 0 unspecified atom stereocenters. The van der Waals surface area contributed by atoms with Crippen LogP contribution in [0.4, 0.5) is 0 Å². The van der Waals surface area contributed by atoms with Gasteiger partial charge in [0.25, 0.3) is 17.7 Å². The van der Waals surface area contributed by atoms with Gasteiger partial charge in [0, 0.05) is 15.6 Å². The number of hydrogen-bond acceptors (Lipinski definition) is 4. The highest BCUT2D eigenvalue weighted by Crippen LogP contribution is 2.13. The summed E-state index contributed by atoms with van der Waals surface area (Å²) in [5.74, 6) is -0.697. The molecular formula is C20H22BrN3O4. The predicted octanol–water partition coefficient (Wildman–Crippen LogP) is 2.82. The molecule has 2 aromatic carbocycles. The molecule has 3 amide bonds. The molecule has 0 heterocycles. The Balaban J connectivity index is 1.73. The fourth-order valence-corrected chi connectivity index (χ4v) is 2.41. The fourth-order valence-electron chi connectivity index (χ4n) is 2.14. The summed E-state index contributed by atoms with van der Waals surface area (Å²) in [4.78, 5) is 35.8. The second-order valence-corrected chi connectivity index (χ2v) is 6.83. The van der Waals surface area contributed by atoms with Gasteiger partial charge in [0.2, 0.25) is 0 Å². The van der Waals surface area contributed by atoms with Crippen molar-refractivity contribution in [2.45, 2.75) is 19.8 Å². The van der Waals surface area contributed by atoms with Crippen LogP contribution in [0.25, 0.3) is 0 Å². The van der Waals surface area contributed by atoms with Gasteiger partial charge in [0.1, 0.15) is 5.75 Å². The molecule has 0 spiro atoms. The van der Waals surface area contributed by atoms with E-state index in [9.17, 15) is 14.4 Å². The summed E-state index contributed by atoms with van der Waals surface area (Å²) in [7, 11) is 0. The summed E-state index contributed by atoms with van der Waals surface area (Å²) in [5.41, 5.74) is 5.36. The van der Waals surface area contributed by atoms with E-state index in [0.717, 1.165) is 17.3 Å². The molecule has 3 N–H and O–H groups in total. The van der Waals surface area contributed by atoms with Crippen LogP contribution in [0.3, 0.4) is 0 Å². The van der Waals surface area contributed by atoms with Crippen LogP contribution in [0.2, 0.25) is 0 Å². The zero-order valence-electron chi connectivity index (χ0n) is 15.5. The molecular weight excluding hydrogens is 426 g/mol. The van der Waals surface area contributed by atoms with E-state index >= 15 is 0 Å². The van der Waals surface area contributed by atoms with Gasteiger partial charge < -0.3 is 10.1 Å². The number of unbranched alkanes of at least 4 members (excludes halogenated alkanes) is 1. The van der Waals surface area contributed by atoms with Crippen LogP contribution in [0, 0.1) is 0 Å². The van der Waals surface area contributed by atoms with Gasteiger partial charge in [-0.2, -0.15) is 0 Å². The van der Waals surface area contributed by atoms with Crippen molar-refractivity contribution in [3.63, 3.8) is 0 Å². The molecule has 7 nitrogen and oxygen atoms in total. The van der Waals surface area contributed by atoms with Crippen molar-refractivity contribution in [3.8, 4) is 5.75 Å². The van der Waals surface area contributed by atoms with Crippen LogP contribution in [0.15, 0.2) is 53.0 Å². The topological polar surface area (TPSA) is 96.5 Å². The van der Waals surface area contributed by atoms with Crippen molar-refractivity contribution in [1.29, 1.82) is 0 Å². The molecule has 0 bridgehead atoms. The van der Waals surface area contributed by atoms with E-state index in [-0.39, 0.29) is 6.54 Å². The van der Waals surface area contributed by atoms with Gasteiger partial charge in [-0.1, -0.05) is 29.3 Å². The number of benzene rings is 2. The zero-order chi connectivity index (χ0) is 20.4. The van der Waals surface area contributed by atoms with Crippen molar-refractivity contribution in [3.05, 3.63) is 64.1 Å². The van der Waals surface area contributed by atoms with Crippen molar-refractivity contribution >= 4 is 33.7 Å². The first kappa shape index (κ1) is 21.4. The molecule has 0 aliphatic heterocycles. The maximum Gasteiger partial charge on any atom is 0.269 e. The number of carbonyl (C=O) groups is 3. The van der Waals surface area contributed by atoms with Crippen LogP contribution in [0.1, 0.15) is 40.5 Å². The van der Waals surface area contributed by atoms with Gasteiger partial charge in [0.15, 0.2) is 0 Å². The van der Waals surface area contributed by atoms with E-state index in [0.29, 0.717) is 23.5 Å². The number of nitrogens with one attached hydrogen (secondary N) is 3. The van der Waals surface area contributed by atoms with Gasteiger partial charge in [-0.3, -0.25) is 25.2 Å². The second-order valence-electron chi connectivity index (χ2n) is 5.92. The first-order chi connectivity index (χ1) is 13.5. The predicted molar refractivity (Wildman–Crippen MR) is 109 cm³/mol. The Morgan fingerprint density at radius 1 is 0.893 bits per heavy atom. The molecule has 0 aromatic heterocycles. The third-order valence-electron chi connectivity index (χ3n) is 3.71. The number of ether oxygens (including phenoxy) is 1. The highest BCUT2D eigenvalue weighted by molar-refractivity contribution is 9.10. The number of halogens is 1. The molecule has 0 radical (unpaired) electrons. The lowest BCUT2D eigenvalue weighted by Gasteiger charge is -2.09. The van der Waals surface area contributed by atoms with Crippen LogP contribution in [0.5, 0.6) is 5.75 Å². The van der Waals surface area contributed by atoms with Crippen LogP contribution in [-0.2, 0) is 4.79 Å². The minimum atomic E-state index is -0.543. The van der Waals surface area contributed by atoms with Gasteiger partial charge in [-0.15, -0.1) is 0 Å². The van der Waals surface area contributed by atoms with E-state index in [1.54, 1.807) is 48.5 Å². The molecule has 28 heavy (non-hydrogen) atoms. The third kappa shape index (κ3) is 7.03. The average Bonchev–Trinajstić information content (AvgIpc) is 2.71. The summed E-state index contributed by atoms with van der Waals surface area (Å²) in [6.07, 6.45) is 2.02. The lowest BCUT2D eigenvalue weighted by Crippen LogP contribution is -2.46. The Hall–Kier alpha value is -2.87. The molecule has 0 aliphatic carbocycles. The van der Waals surface area contributed by atoms with E-state index < -0.39 is 17.7 Å². The quantitative estimate of drug-likeness (QED) is 0.428. The van der Waals surface area contributed by atoms with Crippen LogP contribution >= 0.6 is 15.9 Å². The lowest BCUT2D eigenvalue weighted by atomic mass is 10.2. The first-order valence-electron chi connectivity index (χ1n) is 8.85. The van der Waals surface area contributed by atoms with Crippen LogP contribution < -0.4 is 20.9 Å². The van der Waals surface area contributed by atoms with Crippen molar-refractivity contribution < 1.29 is 19.1 Å². The van der Waals surface area contributed by atoms with Crippen molar-refractivity contribution in [2.24, 2.45) is 0 Å². The van der Waals surface area contributed by atoms with Gasteiger partial charge in [0.05, 0.1) is 13.2 Å². The minimum Gasteiger partial charge on any atom is -0.494 e. The number of rotatable bonds is 8. The number of hydrazine groups is 1. The van der Waals surface area contributed by atoms with Gasteiger partial charge in [-0.05, 0) is 55.0 Å². The lowest BCUT2D eigenvalue weighted by molar-refractivity contribution is -0.120. The molecule has 2 rings (SSSR count). The smallest absolute Gasteiger partial charge is 0.269 e. The minimum absolute atomic E-state index is 0.270.